The molecule has 0 saturated heterocycles. The zero-order valence-electron chi connectivity index (χ0n) is 12.1. The molecule has 0 bridgehead atoms. The van der Waals surface area contributed by atoms with Crippen molar-refractivity contribution >= 4 is 34.6 Å². The third kappa shape index (κ3) is 4.46. The quantitative estimate of drug-likeness (QED) is 0.596. The summed E-state index contributed by atoms with van der Waals surface area (Å²) in [6.45, 7) is 0. The Labute approximate surface area is 134 Å². The predicted molar refractivity (Wildman–Crippen MR) is 91.9 cm³/mol. The van der Waals surface area contributed by atoms with Gasteiger partial charge in [-0.2, -0.15) is 0 Å². The smallest absolute Gasteiger partial charge is 0.230 e. The lowest BCUT2D eigenvalue weighted by atomic mass is 10.1. The first-order chi connectivity index (χ1) is 10.6. The van der Waals surface area contributed by atoms with Gasteiger partial charge >= 0.3 is 0 Å². The van der Waals surface area contributed by atoms with E-state index in [1.54, 1.807) is 18.2 Å². The van der Waals surface area contributed by atoms with Gasteiger partial charge in [0.15, 0.2) is 5.11 Å². The maximum Gasteiger partial charge on any atom is 0.230 e. The largest absolute Gasteiger partial charge is 0.494 e. The number of hydrogen-bond donors (Lipinski definition) is 3. The Morgan fingerprint density at radius 3 is 2.64 bits per heavy atom. The fraction of sp³-hybridized carbons (Fsp3) is 0.125. The van der Waals surface area contributed by atoms with E-state index >= 15 is 0 Å². The van der Waals surface area contributed by atoms with Crippen molar-refractivity contribution in [2.75, 3.05) is 18.2 Å². The minimum atomic E-state index is -0.182. The van der Waals surface area contributed by atoms with E-state index in [0.717, 1.165) is 5.56 Å². The third-order valence-electron chi connectivity index (χ3n) is 2.93. The van der Waals surface area contributed by atoms with Gasteiger partial charge in [0.25, 0.3) is 0 Å². The van der Waals surface area contributed by atoms with E-state index in [-0.39, 0.29) is 17.4 Å². The Balaban J connectivity index is 1.94. The number of ether oxygens (including phenoxy) is 1. The molecule has 0 aliphatic heterocycles. The molecule has 5 nitrogen and oxygen atoms in total. The summed E-state index contributed by atoms with van der Waals surface area (Å²) in [6.07, 6.45) is 0.265. The molecule has 1 amide bonds. The van der Waals surface area contributed by atoms with Crippen molar-refractivity contribution in [3.05, 3.63) is 54.1 Å². The van der Waals surface area contributed by atoms with Crippen LogP contribution in [0.2, 0.25) is 0 Å². The Morgan fingerprint density at radius 1 is 1.23 bits per heavy atom. The van der Waals surface area contributed by atoms with Gasteiger partial charge in [-0.15, -0.1) is 0 Å². The molecule has 0 aliphatic rings. The van der Waals surface area contributed by atoms with E-state index < -0.39 is 0 Å². The molecule has 0 fully saturated rings. The van der Waals surface area contributed by atoms with Crippen molar-refractivity contribution in [3.8, 4) is 5.75 Å². The first-order valence-corrected chi connectivity index (χ1v) is 7.07. The molecule has 0 heterocycles. The summed E-state index contributed by atoms with van der Waals surface area (Å²) in [5, 5.41) is 5.77. The van der Waals surface area contributed by atoms with E-state index in [9.17, 15) is 4.79 Å². The van der Waals surface area contributed by atoms with Crippen molar-refractivity contribution in [1.29, 1.82) is 0 Å². The van der Waals surface area contributed by atoms with Crippen LogP contribution in [-0.4, -0.2) is 18.1 Å². The van der Waals surface area contributed by atoms with Gasteiger partial charge in [-0.3, -0.25) is 4.79 Å². The highest BCUT2D eigenvalue weighted by atomic mass is 32.1. The van der Waals surface area contributed by atoms with Crippen LogP contribution in [0.3, 0.4) is 0 Å². The Bertz CT molecular complexity index is 674. The van der Waals surface area contributed by atoms with Crippen LogP contribution >= 0.6 is 12.2 Å². The van der Waals surface area contributed by atoms with Crippen LogP contribution in [0.25, 0.3) is 0 Å². The number of nitrogens with two attached hydrogens (primary N) is 1. The molecule has 0 radical (unpaired) electrons. The number of rotatable bonds is 4. The average molecular weight is 315 g/mol. The standard InChI is InChI=1S/C16H17N3O2S/c1-21-14-10-12(17)7-8-13(14)18-16(22)19-15(20)9-11-5-3-2-4-6-11/h2-8,10H,9,17H2,1H3,(H2,18,19,20,22). The first kappa shape index (κ1) is 15.8. The fourth-order valence-corrected chi connectivity index (χ4v) is 2.14. The Morgan fingerprint density at radius 2 is 1.95 bits per heavy atom. The number of carbonyl (C=O) groups is 1. The highest BCUT2D eigenvalue weighted by Crippen LogP contribution is 2.26. The number of amides is 1. The summed E-state index contributed by atoms with van der Waals surface area (Å²) in [7, 11) is 1.54. The zero-order valence-corrected chi connectivity index (χ0v) is 12.9. The minimum absolute atomic E-state index is 0.182. The summed E-state index contributed by atoms with van der Waals surface area (Å²) in [4.78, 5) is 11.9. The molecule has 0 spiro atoms. The molecule has 22 heavy (non-hydrogen) atoms. The maximum absolute atomic E-state index is 11.9. The lowest BCUT2D eigenvalue weighted by molar-refractivity contribution is -0.119. The minimum Gasteiger partial charge on any atom is -0.494 e. The monoisotopic (exact) mass is 315 g/mol. The molecule has 0 aromatic heterocycles. The summed E-state index contributed by atoms with van der Waals surface area (Å²) < 4.78 is 5.21. The van der Waals surface area contributed by atoms with Crippen molar-refractivity contribution in [1.82, 2.24) is 5.32 Å². The van der Waals surface area contributed by atoms with Crippen LogP contribution in [-0.2, 0) is 11.2 Å². The van der Waals surface area contributed by atoms with Crippen LogP contribution in [0.5, 0.6) is 5.75 Å². The van der Waals surface area contributed by atoms with Crippen molar-refractivity contribution < 1.29 is 9.53 Å². The second kappa shape index (κ2) is 7.42. The molecule has 2 aromatic carbocycles. The Hall–Kier alpha value is -2.60. The van der Waals surface area contributed by atoms with Crippen LogP contribution in [0.15, 0.2) is 48.5 Å². The van der Waals surface area contributed by atoms with Gasteiger partial charge in [0.05, 0.1) is 19.2 Å². The van der Waals surface area contributed by atoms with E-state index in [4.69, 9.17) is 22.7 Å². The summed E-state index contributed by atoms with van der Waals surface area (Å²) in [5.41, 5.74) is 7.84. The number of methoxy groups -OCH3 is 1. The van der Waals surface area contributed by atoms with Gasteiger partial charge < -0.3 is 21.1 Å². The number of nitrogen functional groups attached to an aromatic ring is 1. The van der Waals surface area contributed by atoms with Crippen molar-refractivity contribution in [2.45, 2.75) is 6.42 Å². The normalized spacial score (nSPS) is 9.86. The highest BCUT2D eigenvalue weighted by Gasteiger charge is 2.09. The topological polar surface area (TPSA) is 76.4 Å². The number of carbonyl (C=O) groups excluding carboxylic acids is 1. The van der Waals surface area contributed by atoms with Crippen molar-refractivity contribution in [2.24, 2.45) is 0 Å². The van der Waals surface area contributed by atoms with Gasteiger partial charge in [-0.1, -0.05) is 30.3 Å². The molecule has 0 atom stereocenters. The van der Waals surface area contributed by atoms with Crippen LogP contribution in [0, 0.1) is 0 Å². The van der Waals surface area contributed by atoms with Gasteiger partial charge in [-0.25, -0.2) is 0 Å². The van der Waals surface area contributed by atoms with E-state index in [1.165, 1.54) is 7.11 Å². The van der Waals surface area contributed by atoms with E-state index in [2.05, 4.69) is 10.6 Å². The van der Waals surface area contributed by atoms with Crippen LogP contribution < -0.4 is 21.1 Å². The van der Waals surface area contributed by atoms with E-state index in [1.807, 2.05) is 30.3 Å². The molecular formula is C16H17N3O2S. The second-order valence-corrected chi connectivity index (χ2v) is 5.03. The van der Waals surface area contributed by atoms with Crippen LogP contribution in [0.4, 0.5) is 11.4 Å². The molecule has 0 saturated carbocycles. The van der Waals surface area contributed by atoms with Crippen molar-refractivity contribution in [3.63, 3.8) is 0 Å². The number of benzene rings is 2. The highest BCUT2D eigenvalue weighted by molar-refractivity contribution is 7.80. The molecule has 2 rings (SSSR count). The lowest BCUT2D eigenvalue weighted by Crippen LogP contribution is -2.35. The molecule has 114 valence electrons. The molecule has 0 unspecified atom stereocenters. The number of anilines is 2. The second-order valence-electron chi connectivity index (χ2n) is 4.62. The summed E-state index contributed by atoms with van der Waals surface area (Å²) in [6, 6.07) is 14.6. The molecular weight excluding hydrogens is 298 g/mol. The van der Waals surface area contributed by atoms with Gasteiger partial charge in [0, 0.05) is 11.8 Å². The van der Waals surface area contributed by atoms with Gasteiger partial charge in [0.2, 0.25) is 5.91 Å². The lowest BCUT2D eigenvalue weighted by Gasteiger charge is -2.13. The molecule has 4 N–H and O–H groups in total. The first-order valence-electron chi connectivity index (χ1n) is 6.67. The summed E-state index contributed by atoms with van der Waals surface area (Å²) in [5.74, 6) is 0.373. The fourth-order valence-electron chi connectivity index (χ4n) is 1.92. The molecule has 6 heteroatoms. The summed E-state index contributed by atoms with van der Waals surface area (Å²) >= 11 is 5.14. The van der Waals surface area contributed by atoms with Gasteiger partial charge in [0.1, 0.15) is 5.75 Å². The Kier molecular flexibility index (Phi) is 5.32. The average Bonchev–Trinajstić information content (AvgIpc) is 2.49. The number of hydrogen-bond acceptors (Lipinski definition) is 4. The van der Waals surface area contributed by atoms with Gasteiger partial charge in [-0.05, 0) is 29.9 Å². The third-order valence-corrected chi connectivity index (χ3v) is 3.14. The molecule has 2 aromatic rings. The number of nitrogens with one attached hydrogen (secondary N) is 2. The maximum atomic E-state index is 11.9. The zero-order chi connectivity index (χ0) is 15.9. The SMILES string of the molecule is COc1cc(N)ccc1NC(=S)NC(=O)Cc1ccccc1. The number of thiocarbonyl (C=S) groups is 1. The predicted octanol–water partition coefficient (Wildman–Crippen LogP) is 2.33. The molecule has 0 aliphatic carbocycles. The van der Waals surface area contributed by atoms with E-state index in [0.29, 0.717) is 17.1 Å². The van der Waals surface area contributed by atoms with Crippen LogP contribution in [0.1, 0.15) is 5.56 Å².